The molecule has 0 bridgehead atoms. The highest BCUT2D eigenvalue weighted by Crippen LogP contribution is 2.30. The molecule has 0 aromatic carbocycles. The van der Waals surface area contributed by atoms with Crippen molar-refractivity contribution in [2.45, 2.75) is 39.5 Å². The highest BCUT2D eigenvalue weighted by Gasteiger charge is 2.25. The van der Waals surface area contributed by atoms with Gasteiger partial charge in [0.1, 0.15) is 0 Å². The van der Waals surface area contributed by atoms with Crippen molar-refractivity contribution >= 4 is 28.7 Å². The van der Waals surface area contributed by atoms with Gasteiger partial charge in [-0.3, -0.25) is 9.59 Å². The van der Waals surface area contributed by atoms with Crippen LogP contribution in [0.4, 0.5) is 5.69 Å². The molecule has 0 radical (unpaired) electrons. The second-order valence-electron chi connectivity index (χ2n) is 5.17. The van der Waals surface area contributed by atoms with Gasteiger partial charge in [-0.1, -0.05) is 6.92 Å². The molecule has 0 unspecified atom stereocenters. The third kappa shape index (κ3) is 2.99. The van der Waals surface area contributed by atoms with Crippen LogP contribution in [0.2, 0.25) is 0 Å². The Kier molecular flexibility index (Phi) is 4.17. The van der Waals surface area contributed by atoms with Crippen molar-refractivity contribution in [2.75, 3.05) is 5.32 Å². The molecule has 1 N–H and O–H groups in total. The van der Waals surface area contributed by atoms with Gasteiger partial charge in [-0.15, -0.1) is 11.3 Å². The number of hydrogen-bond donors (Lipinski definition) is 1. The lowest BCUT2D eigenvalue weighted by atomic mass is 9.82. The van der Waals surface area contributed by atoms with Gasteiger partial charge >= 0.3 is 0 Å². The van der Waals surface area contributed by atoms with Crippen molar-refractivity contribution in [2.24, 2.45) is 11.8 Å². The Hall–Kier alpha value is -1.16. The van der Waals surface area contributed by atoms with Crippen molar-refractivity contribution < 1.29 is 9.59 Å². The van der Waals surface area contributed by atoms with Gasteiger partial charge in [0.2, 0.25) is 5.91 Å². The number of carbonyl (C=O) groups excluding carboxylic acids is 2. The minimum atomic E-state index is 0.0116. The summed E-state index contributed by atoms with van der Waals surface area (Å²) >= 11 is 1.38. The molecule has 1 amide bonds. The first-order valence-corrected chi connectivity index (χ1v) is 7.35. The van der Waals surface area contributed by atoms with Crippen LogP contribution in [0.15, 0.2) is 11.4 Å². The molecule has 1 saturated carbocycles. The average Bonchev–Trinajstić information content (AvgIpc) is 2.78. The maximum absolute atomic E-state index is 12.1. The van der Waals surface area contributed by atoms with Crippen LogP contribution in [0.3, 0.4) is 0 Å². The van der Waals surface area contributed by atoms with Gasteiger partial charge in [-0.05, 0) is 43.0 Å². The zero-order valence-electron chi connectivity index (χ0n) is 10.9. The molecule has 0 saturated heterocycles. The number of ketones is 1. The third-order valence-electron chi connectivity index (χ3n) is 3.63. The zero-order chi connectivity index (χ0) is 13.1. The lowest BCUT2D eigenvalue weighted by Crippen LogP contribution is -2.26. The number of anilines is 1. The second kappa shape index (κ2) is 5.65. The van der Waals surface area contributed by atoms with E-state index in [1.165, 1.54) is 18.3 Å². The Morgan fingerprint density at radius 2 is 1.94 bits per heavy atom. The first kappa shape index (κ1) is 13.3. The van der Waals surface area contributed by atoms with E-state index in [0.29, 0.717) is 10.6 Å². The summed E-state index contributed by atoms with van der Waals surface area (Å²) < 4.78 is 0. The number of amides is 1. The maximum Gasteiger partial charge on any atom is 0.227 e. The van der Waals surface area contributed by atoms with Gasteiger partial charge in [-0.2, -0.15) is 0 Å². The quantitative estimate of drug-likeness (QED) is 0.847. The van der Waals surface area contributed by atoms with Crippen molar-refractivity contribution in [3.8, 4) is 0 Å². The Morgan fingerprint density at radius 3 is 2.56 bits per heavy atom. The Labute approximate surface area is 112 Å². The Balaban J connectivity index is 1.98. The first-order chi connectivity index (χ1) is 8.58. The molecule has 1 aromatic heterocycles. The summed E-state index contributed by atoms with van der Waals surface area (Å²) in [6.45, 7) is 3.77. The molecule has 1 aliphatic carbocycles. The van der Waals surface area contributed by atoms with Crippen molar-refractivity contribution in [1.29, 1.82) is 0 Å². The molecule has 0 atom stereocenters. The van der Waals surface area contributed by atoms with Gasteiger partial charge < -0.3 is 5.32 Å². The van der Waals surface area contributed by atoms with Gasteiger partial charge in [0.15, 0.2) is 5.78 Å². The highest BCUT2D eigenvalue weighted by molar-refractivity contribution is 7.12. The summed E-state index contributed by atoms with van der Waals surface area (Å²) in [5.74, 6) is 0.934. The van der Waals surface area contributed by atoms with Crippen LogP contribution >= 0.6 is 11.3 Å². The predicted molar refractivity (Wildman–Crippen MR) is 74.1 cm³/mol. The summed E-state index contributed by atoms with van der Waals surface area (Å²) in [6, 6.07) is 1.81. The van der Waals surface area contributed by atoms with Gasteiger partial charge in [0, 0.05) is 12.8 Å². The second-order valence-corrected chi connectivity index (χ2v) is 6.08. The van der Waals surface area contributed by atoms with Crippen LogP contribution in [-0.4, -0.2) is 11.7 Å². The summed E-state index contributed by atoms with van der Waals surface area (Å²) in [5.41, 5.74) is 0.677. The van der Waals surface area contributed by atoms with E-state index in [9.17, 15) is 9.59 Å². The zero-order valence-corrected chi connectivity index (χ0v) is 11.7. The van der Waals surface area contributed by atoms with E-state index in [0.717, 1.165) is 31.6 Å². The van der Waals surface area contributed by atoms with Crippen LogP contribution in [0.25, 0.3) is 0 Å². The monoisotopic (exact) mass is 265 g/mol. The standard InChI is InChI=1S/C14H19NO2S/c1-9-3-5-11(6-4-9)14(17)15-12-7-8-18-13(12)10(2)16/h7-9,11H,3-6H2,1-2H3,(H,15,17). The predicted octanol–water partition coefficient (Wildman–Crippen LogP) is 3.72. The Bertz CT molecular complexity index is 444. The van der Waals surface area contributed by atoms with Gasteiger partial charge in [-0.25, -0.2) is 0 Å². The summed E-state index contributed by atoms with van der Waals surface area (Å²) in [6.07, 6.45) is 4.18. The molecule has 2 rings (SSSR count). The molecule has 0 spiro atoms. The van der Waals surface area contributed by atoms with Gasteiger partial charge in [0.25, 0.3) is 0 Å². The van der Waals surface area contributed by atoms with E-state index < -0.39 is 0 Å². The molecular formula is C14H19NO2S. The van der Waals surface area contributed by atoms with Crippen molar-refractivity contribution in [3.63, 3.8) is 0 Å². The fraction of sp³-hybridized carbons (Fsp3) is 0.571. The van der Waals surface area contributed by atoms with Crippen LogP contribution in [0, 0.1) is 11.8 Å². The van der Waals surface area contributed by atoms with Crippen LogP contribution in [-0.2, 0) is 4.79 Å². The van der Waals surface area contributed by atoms with Gasteiger partial charge in [0.05, 0.1) is 10.6 Å². The van der Waals surface area contributed by atoms with Crippen LogP contribution < -0.4 is 5.32 Å². The normalized spacial score (nSPS) is 23.7. The van der Waals surface area contributed by atoms with E-state index in [2.05, 4.69) is 12.2 Å². The molecule has 1 aromatic rings. The largest absolute Gasteiger partial charge is 0.324 e. The SMILES string of the molecule is CC(=O)c1sccc1NC(=O)C1CCC(C)CC1. The minimum Gasteiger partial charge on any atom is -0.324 e. The molecule has 4 heteroatoms. The molecule has 18 heavy (non-hydrogen) atoms. The maximum atomic E-state index is 12.1. The summed E-state index contributed by atoms with van der Waals surface area (Å²) in [4.78, 5) is 24.2. The molecular weight excluding hydrogens is 246 g/mol. The number of carbonyl (C=O) groups is 2. The fourth-order valence-electron chi connectivity index (χ4n) is 2.44. The van der Waals surface area contributed by atoms with Crippen molar-refractivity contribution in [1.82, 2.24) is 0 Å². The Morgan fingerprint density at radius 1 is 1.28 bits per heavy atom. The third-order valence-corrected chi connectivity index (χ3v) is 4.64. The number of thiophene rings is 1. The van der Waals surface area contributed by atoms with Crippen LogP contribution in [0.1, 0.15) is 49.2 Å². The topological polar surface area (TPSA) is 46.2 Å². The van der Waals surface area contributed by atoms with E-state index >= 15 is 0 Å². The fourth-order valence-corrected chi connectivity index (χ4v) is 3.19. The molecule has 0 aliphatic heterocycles. The van der Waals surface area contributed by atoms with E-state index in [4.69, 9.17) is 0 Å². The number of hydrogen-bond acceptors (Lipinski definition) is 3. The summed E-state index contributed by atoms with van der Waals surface area (Å²) in [5, 5.41) is 4.75. The molecule has 1 heterocycles. The molecule has 98 valence electrons. The lowest BCUT2D eigenvalue weighted by Gasteiger charge is -2.25. The molecule has 3 nitrogen and oxygen atoms in total. The highest BCUT2D eigenvalue weighted by atomic mass is 32.1. The van der Waals surface area contributed by atoms with E-state index in [1.807, 2.05) is 11.4 Å². The lowest BCUT2D eigenvalue weighted by molar-refractivity contribution is -0.121. The van der Waals surface area contributed by atoms with Crippen LogP contribution in [0.5, 0.6) is 0 Å². The molecule has 1 fully saturated rings. The summed E-state index contributed by atoms with van der Waals surface area (Å²) in [7, 11) is 0. The average molecular weight is 265 g/mol. The van der Waals surface area contributed by atoms with Crippen molar-refractivity contribution in [3.05, 3.63) is 16.3 Å². The number of Topliss-reactive ketones (excluding diaryl/α,β-unsaturated/α-hetero) is 1. The smallest absolute Gasteiger partial charge is 0.227 e. The minimum absolute atomic E-state index is 0.0116. The van der Waals surface area contributed by atoms with E-state index in [-0.39, 0.29) is 17.6 Å². The number of rotatable bonds is 3. The molecule has 1 aliphatic rings. The first-order valence-electron chi connectivity index (χ1n) is 6.47. The number of nitrogens with one attached hydrogen (secondary N) is 1. The van der Waals surface area contributed by atoms with E-state index in [1.54, 1.807) is 0 Å².